The van der Waals surface area contributed by atoms with Crippen LogP contribution < -0.4 is 4.74 Å². The number of carboxylic acids is 1. The Bertz CT molecular complexity index is 986. The van der Waals surface area contributed by atoms with E-state index in [4.69, 9.17) is 21.4 Å². The minimum atomic E-state index is -1.00. The summed E-state index contributed by atoms with van der Waals surface area (Å²) in [6.45, 7) is 2.38. The summed E-state index contributed by atoms with van der Waals surface area (Å²) in [5, 5.41) is 10.0. The number of halogens is 1. The minimum absolute atomic E-state index is 0.178. The second-order valence-corrected chi connectivity index (χ2v) is 7.28. The van der Waals surface area contributed by atoms with E-state index in [0.717, 1.165) is 0 Å². The van der Waals surface area contributed by atoms with Crippen molar-refractivity contribution in [3.8, 4) is 5.75 Å². The number of aliphatic imine (C=N–C) groups is 1. The Labute approximate surface area is 171 Å². The van der Waals surface area contributed by atoms with Crippen molar-refractivity contribution in [2.75, 3.05) is 13.7 Å². The number of carbonyl (C=O) groups is 2. The SMILES string of the molecule is CCOc1ccc(Cl)cc1/C=C1\SC(=Nc2ccc(C(=O)O)cc2)N(C)C1=O. The summed E-state index contributed by atoms with van der Waals surface area (Å²) < 4.78 is 5.60. The third-order valence-electron chi connectivity index (χ3n) is 3.90. The van der Waals surface area contributed by atoms with Crippen molar-refractivity contribution in [1.29, 1.82) is 0 Å². The molecule has 1 N–H and O–H groups in total. The number of carbonyl (C=O) groups excluding carboxylic acids is 1. The maximum Gasteiger partial charge on any atom is 0.335 e. The average Bonchev–Trinajstić information content (AvgIpc) is 2.92. The zero-order chi connectivity index (χ0) is 20.3. The lowest BCUT2D eigenvalue weighted by atomic mass is 10.2. The Balaban J connectivity index is 1.90. The van der Waals surface area contributed by atoms with Gasteiger partial charge in [-0.15, -0.1) is 0 Å². The van der Waals surface area contributed by atoms with Gasteiger partial charge in [-0.25, -0.2) is 9.79 Å². The third-order valence-corrected chi connectivity index (χ3v) is 5.20. The quantitative estimate of drug-likeness (QED) is 0.716. The van der Waals surface area contributed by atoms with Crippen molar-refractivity contribution >= 4 is 52.2 Å². The molecule has 0 atom stereocenters. The van der Waals surface area contributed by atoms with Gasteiger partial charge in [-0.05, 0) is 67.2 Å². The first kappa shape index (κ1) is 20.0. The number of carboxylic acid groups (broad SMARTS) is 1. The standard InChI is InChI=1S/C20H17ClN2O4S/c1-3-27-16-9-6-14(21)10-13(16)11-17-18(24)23(2)20(28-17)22-15-7-4-12(5-8-15)19(25)26/h4-11H,3H2,1-2H3,(H,25,26)/b17-11-,22-20?. The molecule has 1 fully saturated rings. The van der Waals surface area contributed by atoms with Crippen LogP contribution in [0.15, 0.2) is 52.4 Å². The number of thioether (sulfide) groups is 1. The highest BCUT2D eigenvalue weighted by atomic mass is 35.5. The molecular weight excluding hydrogens is 400 g/mol. The number of ether oxygens (including phenoxy) is 1. The molecule has 6 nitrogen and oxygen atoms in total. The van der Waals surface area contributed by atoms with E-state index in [9.17, 15) is 9.59 Å². The fraction of sp³-hybridized carbons (Fsp3) is 0.150. The van der Waals surface area contributed by atoms with Crippen LogP contribution in [0.4, 0.5) is 5.69 Å². The molecule has 0 aromatic heterocycles. The monoisotopic (exact) mass is 416 g/mol. The Hall–Kier alpha value is -2.77. The first-order chi connectivity index (χ1) is 13.4. The van der Waals surface area contributed by atoms with Crippen molar-refractivity contribution in [2.45, 2.75) is 6.92 Å². The molecule has 1 saturated heterocycles. The number of likely N-dealkylation sites (N-methyl/N-ethyl adjacent to an activating group) is 1. The number of hydrogen-bond acceptors (Lipinski definition) is 5. The highest BCUT2D eigenvalue weighted by molar-refractivity contribution is 8.18. The molecule has 1 aliphatic heterocycles. The van der Waals surface area contributed by atoms with Gasteiger partial charge in [0, 0.05) is 17.6 Å². The molecule has 2 aromatic rings. The molecule has 0 aliphatic carbocycles. The van der Waals surface area contributed by atoms with Gasteiger partial charge in [0.25, 0.3) is 5.91 Å². The van der Waals surface area contributed by atoms with Crippen LogP contribution in [0, 0.1) is 0 Å². The molecular formula is C20H17ClN2O4S. The van der Waals surface area contributed by atoms with Gasteiger partial charge in [0.15, 0.2) is 5.17 Å². The summed E-state index contributed by atoms with van der Waals surface area (Å²) in [4.78, 5) is 30.0. The molecule has 8 heteroatoms. The highest BCUT2D eigenvalue weighted by Crippen LogP contribution is 2.35. The van der Waals surface area contributed by atoms with Gasteiger partial charge >= 0.3 is 5.97 Å². The fourth-order valence-corrected chi connectivity index (χ4v) is 3.66. The molecule has 1 amide bonds. The summed E-state index contributed by atoms with van der Waals surface area (Å²) in [5.41, 5.74) is 1.45. The largest absolute Gasteiger partial charge is 0.493 e. The van der Waals surface area contributed by atoms with Gasteiger partial charge in [-0.1, -0.05) is 11.6 Å². The maximum atomic E-state index is 12.6. The van der Waals surface area contributed by atoms with Crippen LogP contribution in [0.25, 0.3) is 6.08 Å². The summed E-state index contributed by atoms with van der Waals surface area (Å²) in [6.07, 6.45) is 1.73. The molecule has 2 aromatic carbocycles. The lowest BCUT2D eigenvalue weighted by Gasteiger charge is -2.08. The molecule has 1 heterocycles. The van der Waals surface area contributed by atoms with Gasteiger partial charge in [0.2, 0.25) is 0 Å². The molecule has 144 valence electrons. The Morgan fingerprint density at radius 1 is 1.29 bits per heavy atom. The van der Waals surface area contributed by atoms with Crippen LogP contribution in [0.3, 0.4) is 0 Å². The second-order valence-electron chi connectivity index (χ2n) is 5.84. The normalized spacial score (nSPS) is 16.8. The van der Waals surface area contributed by atoms with Crippen molar-refractivity contribution in [3.05, 3.63) is 63.5 Å². The molecule has 1 aliphatic rings. The topological polar surface area (TPSA) is 79.2 Å². The van der Waals surface area contributed by atoms with E-state index >= 15 is 0 Å². The Morgan fingerprint density at radius 3 is 2.64 bits per heavy atom. The van der Waals surface area contributed by atoms with Crippen LogP contribution in [0.5, 0.6) is 5.75 Å². The summed E-state index contributed by atoms with van der Waals surface area (Å²) in [6, 6.07) is 11.4. The third kappa shape index (κ3) is 4.37. The molecule has 3 rings (SSSR count). The predicted molar refractivity (Wildman–Crippen MR) is 111 cm³/mol. The summed E-state index contributed by atoms with van der Waals surface area (Å²) in [7, 11) is 1.64. The van der Waals surface area contributed by atoms with Crippen molar-refractivity contribution in [1.82, 2.24) is 4.90 Å². The van der Waals surface area contributed by atoms with Crippen molar-refractivity contribution in [2.24, 2.45) is 4.99 Å². The first-order valence-corrected chi connectivity index (χ1v) is 9.60. The molecule has 0 unspecified atom stereocenters. The smallest absolute Gasteiger partial charge is 0.335 e. The number of amides is 1. The second kappa shape index (κ2) is 8.50. The van der Waals surface area contributed by atoms with Gasteiger partial charge < -0.3 is 9.84 Å². The first-order valence-electron chi connectivity index (χ1n) is 8.41. The van der Waals surface area contributed by atoms with E-state index in [1.165, 1.54) is 28.8 Å². The maximum absolute atomic E-state index is 12.6. The van der Waals surface area contributed by atoms with Crippen molar-refractivity contribution in [3.63, 3.8) is 0 Å². The molecule has 0 radical (unpaired) electrons. The molecule has 0 bridgehead atoms. The Morgan fingerprint density at radius 2 is 2.00 bits per heavy atom. The fourth-order valence-electron chi connectivity index (χ4n) is 2.50. The number of aromatic carboxylic acids is 1. The number of benzene rings is 2. The highest BCUT2D eigenvalue weighted by Gasteiger charge is 2.30. The van der Waals surface area contributed by atoms with E-state index in [1.807, 2.05) is 6.92 Å². The molecule has 0 spiro atoms. The van der Waals surface area contributed by atoms with Crippen molar-refractivity contribution < 1.29 is 19.4 Å². The number of hydrogen-bond donors (Lipinski definition) is 1. The van der Waals surface area contributed by atoms with Crippen LogP contribution in [-0.4, -0.2) is 40.7 Å². The van der Waals surface area contributed by atoms with Gasteiger partial charge in [0.05, 0.1) is 22.8 Å². The van der Waals surface area contributed by atoms with E-state index in [1.54, 1.807) is 43.5 Å². The van der Waals surface area contributed by atoms with E-state index in [-0.39, 0.29) is 11.5 Å². The van der Waals surface area contributed by atoms with Gasteiger partial charge in [0.1, 0.15) is 5.75 Å². The lowest BCUT2D eigenvalue weighted by Crippen LogP contribution is -2.23. The van der Waals surface area contributed by atoms with Gasteiger partial charge in [-0.3, -0.25) is 9.69 Å². The number of rotatable bonds is 5. The molecule has 0 saturated carbocycles. The number of nitrogens with zero attached hydrogens (tertiary/aromatic N) is 2. The zero-order valence-electron chi connectivity index (χ0n) is 15.2. The summed E-state index contributed by atoms with van der Waals surface area (Å²) >= 11 is 7.32. The van der Waals surface area contributed by atoms with Crippen LogP contribution >= 0.6 is 23.4 Å². The predicted octanol–water partition coefficient (Wildman–Crippen LogP) is 4.67. The average molecular weight is 417 g/mol. The minimum Gasteiger partial charge on any atom is -0.493 e. The Kier molecular flexibility index (Phi) is 6.06. The zero-order valence-corrected chi connectivity index (χ0v) is 16.8. The summed E-state index contributed by atoms with van der Waals surface area (Å²) in [5.74, 6) is -0.544. The van der Waals surface area contributed by atoms with Gasteiger partial charge in [-0.2, -0.15) is 0 Å². The lowest BCUT2D eigenvalue weighted by molar-refractivity contribution is -0.121. The molecule has 28 heavy (non-hydrogen) atoms. The van der Waals surface area contributed by atoms with Crippen LogP contribution in [0.2, 0.25) is 5.02 Å². The van der Waals surface area contributed by atoms with E-state index in [2.05, 4.69) is 4.99 Å². The van der Waals surface area contributed by atoms with E-state index in [0.29, 0.717) is 38.7 Å². The number of amidine groups is 1. The van der Waals surface area contributed by atoms with Crippen LogP contribution in [0.1, 0.15) is 22.8 Å². The van der Waals surface area contributed by atoms with E-state index < -0.39 is 5.97 Å². The van der Waals surface area contributed by atoms with Crippen LogP contribution in [-0.2, 0) is 4.79 Å².